The predicted octanol–water partition coefficient (Wildman–Crippen LogP) is 1.93. The lowest BCUT2D eigenvalue weighted by Gasteiger charge is -2.32. The van der Waals surface area contributed by atoms with Crippen LogP contribution in [0, 0.1) is 17.1 Å². The first-order valence-corrected chi connectivity index (χ1v) is 7.55. The molecule has 142 valence electrons. The van der Waals surface area contributed by atoms with Crippen LogP contribution in [0.1, 0.15) is 5.56 Å². The molecule has 1 fully saturated rings. The number of phenolic OH excluding ortho intramolecular Hbond substituents is 1. The third-order valence-corrected chi connectivity index (χ3v) is 3.72. The first-order chi connectivity index (χ1) is 12.1. The summed E-state index contributed by atoms with van der Waals surface area (Å²) in [5, 5.41) is 16.2. The molecule has 1 amide bonds. The molecule has 10 heteroatoms. The third kappa shape index (κ3) is 4.94. The van der Waals surface area contributed by atoms with Crippen LogP contribution >= 0.6 is 0 Å². The van der Waals surface area contributed by atoms with Gasteiger partial charge in [-0.15, -0.1) is 0 Å². The second-order valence-electron chi connectivity index (χ2n) is 5.88. The van der Waals surface area contributed by atoms with Gasteiger partial charge in [0.1, 0.15) is 17.3 Å². The lowest BCUT2D eigenvalue weighted by atomic mass is 10.1. The smallest absolute Gasteiger partial charge is 0.432 e. The molecule has 1 aliphatic heterocycles. The standard InChI is InChI=1S/C16H17F4N3O3/c17-12-3-11(24)2-1-10(12)6-23(5-9-7-26-8-9)15(25)13(21)4-14(22)16(18,19)20/h1-4,9,22,24H,5-8,21H2/b13-4-,22-14?. The van der Waals surface area contributed by atoms with Crippen molar-refractivity contribution < 1.29 is 32.2 Å². The Morgan fingerprint density at radius 3 is 2.58 bits per heavy atom. The van der Waals surface area contributed by atoms with Crippen LogP contribution in [-0.4, -0.2) is 47.6 Å². The number of aromatic hydroxyl groups is 1. The van der Waals surface area contributed by atoms with Gasteiger partial charge in [0.2, 0.25) is 0 Å². The van der Waals surface area contributed by atoms with Gasteiger partial charge in [-0.25, -0.2) is 4.39 Å². The van der Waals surface area contributed by atoms with Crippen molar-refractivity contribution in [2.45, 2.75) is 12.7 Å². The Morgan fingerprint density at radius 1 is 1.42 bits per heavy atom. The van der Waals surface area contributed by atoms with E-state index in [-0.39, 0.29) is 36.4 Å². The van der Waals surface area contributed by atoms with Crippen molar-refractivity contribution in [3.63, 3.8) is 0 Å². The quantitative estimate of drug-likeness (QED) is 0.402. The number of phenols is 1. The number of rotatable bonds is 6. The molecule has 0 radical (unpaired) electrons. The molecule has 4 N–H and O–H groups in total. The van der Waals surface area contributed by atoms with Crippen molar-refractivity contribution in [2.24, 2.45) is 11.7 Å². The Kier molecular flexibility index (Phi) is 5.86. The van der Waals surface area contributed by atoms with E-state index in [9.17, 15) is 27.5 Å². The van der Waals surface area contributed by atoms with Crippen LogP contribution in [0.5, 0.6) is 5.75 Å². The number of amides is 1. The summed E-state index contributed by atoms with van der Waals surface area (Å²) in [6, 6.07) is 3.36. The summed E-state index contributed by atoms with van der Waals surface area (Å²) in [5.41, 5.74) is 2.97. The maximum atomic E-state index is 13.9. The number of allylic oxidation sites excluding steroid dienone is 1. The highest BCUT2D eigenvalue weighted by Gasteiger charge is 2.34. The number of halogens is 4. The van der Waals surface area contributed by atoms with E-state index in [2.05, 4.69) is 0 Å². The van der Waals surface area contributed by atoms with Crippen LogP contribution < -0.4 is 5.73 Å². The Labute approximate surface area is 146 Å². The molecule has 26 heavy (non-hydrogen) atoms. The SMILES string of the molecule is N=C(/C=C(\N)C(=O)N(Cc1ccc(O)cc1F)CC1COC1)C(F)(F)F. The highest BCUT2D eigenvalue weighted by atomic mass is 19.4. The Bertz CT molecular complexity index is 730. The molecule has 0 spiro atoms. The number of nitrogens with two attached hydrogens (primary N) is 1. The molecule has 1 saturated heterocycles. The minimum Gasteiger partial charge on any atom is -0.508 e. The maximum Gasteiger partial charge on any atom is 0.432 e. The van der Waals surface area contributed by atoms with E-state index in [0.29, 0.717) is 13.2 Å². The zero-order valence-corrected chi connectivity index (χ0v) is 13.5. The maximum absolute atomic E-state index is 13.9. The molecule has 6 nitrogen and oxygen atoms in total. The first kappa shape index (κ1) is 19.7. The van der Waals surface area contributed by atoms with E-state index < -0.39 is 29.3 Å². The molecule has 1 aliphatic rings. The number of carbonyl (C=O) groups is 1. The second kappa shape index (κ2) is 7.73. The zero-order valence-electron chi connectivity index (χ0n) is 13.5. The van der Waals surface area contributed by atoms with Crippen molar-refractivity contribution in [3.8, 4) is 5.75 Å². The van der Waals surface area contributed by atoms with Crippen LogP contribution in [0.4, 0.5) is 17.6 Å². The summed E-state index contributed by atoms with van der Waals surface area (Å²) >= 11 is 0. The van der Waals surface area contributed by atoms with E-state index in [1.54, 1.807) is 0 Å². The number of carbonyl (C=O) groups excluding carboxylic acids is 1. The van der Waals surface area contributed by atoms with Crippen molar-refractivity contribution >= 4 is 11.6 Å². The van der Waals surface area contributed by atoms with Crippen molar-refractivity contribution in [2.75, 3.05) is 19.8 Å². The highest BCUT2D eigenvalue weighted by molar-refractivity contribution is 6.04. The molecule has 0 bridgehead atoms. The lowest BCUT2D eigenvalue weighted by molar-refractivity contribution is -0.131. The summed E-state index contributed by atoms with van der Waals surface area (Å²) in [4.78, 5) is 13.5. The van der Waals surface area contributed by atoms with E-state index >= 15 is 0 Å². The number of ether oxygens (including phenoxy) is 1. The topological polar surface area (TPSA) is 99.6 Å². The Hall–Kier alpha value is -2.62. The lowest BCUT2D eigenvalue weighted by Crippen LogP contribution is -2.43. The molecule has 2 rings (SSSR count). The zero-order chi connectivity index (χ0) is 19.5. The van der Waals surface area contributed by atoms with Crippen LogP contribution in [-0.2, 0) is 16.1 Å². The Balaban J connectivity index is 2.21. The van der Waals surface area contributed by atoms with E-state index in [0.717, 1.165) is 11.0 Å². The fraction of sp³-hybridized carbons (Fsp3) is 0.375. The number of hydrogen-bond acceptors (Lipinski definition) is 5. The average molecular weight is 375 g/mol. The largest absolute Gasteiger partial charge is 0.508 e. The monoisotopic (exact) mass is 375 g/mol. The van der Waals surface area contributed by atoms with E-state index in [1.165, 1.54) is 12.1 Å². The summed E-state index contributed by atoms with van der Waals surface area (Å²) in [7, 11) is 0. The van der Waals surface area contributed by atoms with Gasteiger partial charge in [-0.05, 0) is 12.1 Å². The molecule has 1 aromatic rings. The molecule has 0 aromatic heterocycles. The molecular formula is C16H17F4N3O3. The summed E-state index contributed by atoms with van der Waals surface area (Å²) in [6.07, 6.45) is -4.69. The second-order valence-corrected chi connectivity index (χ2v) is 5.88. The van der Waals surface area contributed by atoms with E-state index in [4.69, 9.17) is 15.9 Å². The van der Waals surface area contributed by atoms with Gasteiger partial charge in [-0.2, -0.15) is 13.2 Å². The van der Waals surface area contributed by atoms with Crippen LogP contribution in [0.25, 0.3) is 0 Å². The molecule has 1 heterocycles. The van der Waals surface area contributed by atoms with Gasteiger partial charge in [0.25, 0.3) is 5.91 Å². The molecule has 1 aromatic carbocycles. The van der Waals surface area contributed by atoms with Crippen molar-refractivity contribution in [1.29, 1.82) is 5.41 Å². The van der Waals surface area contributed by atoms with Gasteiger partial charge in [0, 0.05) is 30.6 Å². The fourth-order valence-electron chi connectivity index (χ4n) is 2.27. The number of nitrogens with one attached hydrogen (secondary N) is 1. The predicted molar refractivity (Wildman–Crippen MR) is 83.8 cm³/mol. The minimum atomic E-state index is -4.93. The number of benzene rings is 1. The number of alkyl halides is 3. The van der Waals surface area contributed by atoms with Crippen molar-refractivity contribution in [3.05, 3.63) is 41.4 Å². The van der Waals surface area contributed by atoms with E-state index in [1.807, 2.05) is 0 Å². The molecule has 0 unspecified atom stereocenters. The van der Waals surface area contributed by atoms with Crippen LogP contribution in [0.3, 0.4) is 0 Å². The molecular weight excluding hydrogens is 358 g/mol. The van der Waals surface area contributed by atoms with Gasteiger partial charge in [0.15, 0.2) is 0 Å². The molecule has 0 atom stereocenters. The highest BCUT2D eigenvalue weighted by Crippen LogP contribution is 2.21. The van der Waals surface area contributed by atoms with Crippen molar-refractivity contribution in [1.82, 2.24) is 4.90 Å². The summed E-state index contributed by atoms with van der Waals surface area (Å²) < 4.78 is 56.3. The average Bonchev–Trinajstić information content (AvgIpc) is 2.49. The van der Waals surface area contributed by atoms with Gasteiger partial charge in [-0.3, -0.25) is 10.2 Å². The van der Waals surface area contributed by atoms with Crippen LogP contribution in [0.15, 0.2) is 30.0 Å². The van der Waals surface area contributed by atoms with Gasteiger partial charge >= 0.3 is 6.18 Å². The normalized spacial score (nSPS) is 15.5. The Morgan fingerprint density at radius 2 is 2.08 bits per heavy atom. The minimum absolute atomic E-state index is 0.0472. The first-order valence-electron chi connectivity index (χ1n) is 7.55. The summed E-state index contributed by atoms with van der Waals surface area (Å²) in [6.45, 7) is 0.579. The summed E-state index contributed by atoms with van der Waals surface area (Å²) in [5.74, 6) is -2.06. The van der Waals surface area contributed by atoms with Gasteiger partial charge < -0.3 is 20.5 Å². The molecule has 0 saturated carbocycles. The van der Waals surface area contributed by atoms with Gasteiger partial charge in [0.05, 0.1) is 18.9 Å². The van der Waals surface area contributed by atoms with Gasteiger partial charge in [-0.1, -0.05) is 6.07 Å². The number of nitrogens with zero attached hydrogens (tertiary/aromatic N) is 1. The fourth-order valence-corrected chi connectivity index (χ4v) is 2.27. The molecule has 0 aliphatic carbocycles. The number of hydrogen-bond donors (Lipinski definition) is 3. The third-order valence-electron chi connectivity index (χ3n) is 3.72. The van der Waals surface area contributed by atoms with Crippen LogP contribution in [0.2, 0.25) is 0 Å².